The standard InChI is InChI=1S/C24H32BrN5O7.C5H8N12/c1-7-29-13-16(27-28-29)12-26-20(31)17-10-8-9-15(19(17)30(34)35)14-36-22(33)24(5,6)11-18(25)21(32)37-23(2,3)4;6-14-10-1-5(2-11-15-7,3-12-16-8)4-13-17-9/h8-10,13,18H,7,11-12,14H2,1-6H3,(H,26,31);1-4H2. The van der Waals surface area contributed by atoms with E-state index in [0.717, 1.165) is 0 Å². The summed E-state index contributed by atoms with van der Waals surface area (Å²) in [6.07, 6.45) is 1.74. The van der Waals surface area contributed by atoms with Crippen LogP contribution in [0, 0.1) is 20.9 Å². The summed E-state index contributed by atoms with van der Waals surface area (Å²) in [4.78, 5) is 58.5. The summed E-state index contributed by atoms with van der Waals surface area (Å²) in [6.45, 7) is 10.1. The Bertz CT molecular complexity index is 1750. The first kappa shape index (κ1) is 45.9. The Morgan fingerprint density at radius 3 is 1.96 bits per heavy atom. The maximum atomic E-state index is 12.8. The summed E-state index contributed by atoms with van der Waals surface area (Å²) in [5, 5.41) is 35.6. The van der Waals surface area contributed by atoms with Crippen LogP contribution in [-0.4, -0.2) is 74.4 Å². The lowest BCUT2D eigenvalue weighted by atomic mass is 9.88. The van der Waals surface area contributed by atoms with E-state index in [1.807, 2.05) is 6.92 Å². The smallest absolute Gasteiger partial charge is 0.320 e. The number of halogens is 1. The van der Waals surface area contributed by atoms with Crippen molar-refractivity contribution in [3.05, 3.63) is 93.1 Å². The number of hydrogen-bond acceptors (Lipinski definition) is 13. The van der Waals surface area contributed by atoms with E-state index < -0.39 is 56.3 Å². The molecule has 1 heterocycles. The maximum Gasteiger partial charge on any atom is 0.320 e. The number of nitrogens with zero attached hydrogens (tertiary/aromatic N) is 16. The largest absolute Gasteiger partial charge is 0.460 e. The molecule has 2 aromatic rings. The third-order valence-electron chi connectivity index (χ3n) is 7.03. The highest BCUT2D eigenvalue weighted by Gasteiger charge is 2.36. The van der Waals surface area contributed by atoms with E-state index in [1.165, 1.54) is 18.2 Å². The summed E-state index contributed by atoms with van der Waals surface area (Å²) < 4.78 is 12.3. The third kappa shape index (κ3) is 15.6. The Kier molecular flexibility index (Phi) is 18.8. The van der Waals surface area contributed by atoms with Crippen molar-refractivity contribution in [2.45, 2.75) is 78.1 Å². The summed E-state index contributed by atoms with van der Waals surface area (Å²) in [5.41, 5.74) is 30.2. The van der Waals surface area contributed by atoms with E-state index in [2.05, 4.69) is 71.7 Å². The van der Waals surface area contributed by atoms with Crippen LogP contribution in [0.1, 0.15) is 69.6 Å². The van der Waals surface area contributed by atoms with Crippen LogP contribution in [-0.2, 0) is 38.8 Å². The molecule has 54 heavy (non-hydrogen) atoms. The van der Waals surface area contributed by atoms with Crippen LogP contribution in [0.4, 0.5) is 5.69 Å². The predicted molar refractivity (Wildman–Crippen MR) is 195 cm³/mol. The van der Waals surface area contributed by atoms with Gasteiger partial charge in [-0.1, -0.05) is 47.7 Å². The molecule has 1 amide bonds. The van der Waals surface area contributed by atoms with E-state index in [9.17, 15) is 24.5 Å². The molecular formula is C29H40BrN17O7. The second-order valence-electron chi connectivity index (χ2n) is 13.0. The molecule has 25 heteroatoms. The van der Waals surface area contributed by atoms with Crippen LogP contribution < -0.4 is 5.32 Å². The fourth-order valence-corrected chi connectivity index (χ4v) is 5.20. The normalized spacial score (nSPS) is 12.3. The molecule has 0 aliphatic rings. The summed E-state index contributed by atoms with van der Waals surface area (Å²) in [5.74, 6) is -1.85. The number of esters is 2. The molecule has 1 atom stereocenters. The molecule has 1 N–H and O–H groups in total. The van der Waals surface area contributed by atoms with Gasteiger partial charge in [0.1, 0.15) is 28.3 Å². The van der Waals surface area contributed by atoms with Crippen molar-refractivity contribution in [1.82, 2.24) is 20.3 Å². The van der Waals surface area contributed by atoms with Crippen molar-refractivity contribution in [2.75, 3.05) is 26.2 Å². The third-order valence-corrected chi connectivity index (χ3v) is 7.73. The van der Waals surface area contributed by atoms with Crippen LogP contribution in [0.2, 0.25) is 0 Å². The number of rotatable bonds is 19. The molecule has 0 radical (unpaired) electrons. The van der Waals surface area contributed by atoms with Gasteiger partial charge in [-0.25, -0.2) is 0 Å². The van der Waals surface area contributed by atoms with Crippen molar-refractivity contribution >= 4 is 39.5 Å². The first-order valence-corrected chi connectivity index (χ1v) is 16.8. The van der Waals surface area contributed by atoms with Crippen LogP contribution in [0.15, 0.2) is 44.9 Å². The number of aryl methyl sites for hydroxylation is 1. The Morgan fingerprint density at radius 1 is 0.981 bits per heavy atom. The number of para-hydroxylation sites is 1. The van der Waals surface area contributed by atoms with Crippen LogP contribution in [0.3, 0.4) is 0 Å². The molecule has 24 nitrogen and oxygen atoms in total. The number of carbonyl (C=O) groups excluding carboxylic acids is 3. The van der Waals surface area contributed by atoms with Gasteiger partial charge in [-0.05, 0) is 87.6 Å². The summed E-state index contributed by atoms with van der Waals surface area (Å²) >= 11 is 3.26. The van der Waals surface area contributed by atoms with Crippen molar-refractivity contribution in [3.8, 4) is 0 Å². The number of azide groups is 4. The monoisotopic (exact) mass is 817 g/mol. The molecule has 0 fully saturated rings. The fourth-order valence-electron chi connectivity index (χ4n) is 4.29. The molecule has 0 aliphatic carbocycles. The molecule has 1 unspecified atom stereocenters. The summed E-state index contributed by atoms with van der Waals surface area (Å²) in [7, 11) is 0. The predicted octanol–water partition coefficient (Wildman–Crippen LogP) is 6.91. The molecule has 1 aromatic carbocycles. The SMILES string of the molecule is CCn1cc(CNC(=O)c2cccc(COC(=O)C(C)(C)CC(Br)C(=O)OC(C)(C)C)c2[N+](=O)[O-])nn1.[N-]=[N+]=NCC(CN=[N+]=[N-])(CN=[N+]=[N-])CN=[N+]=[N-]. The van der Waals surface area contributed by atoms with Gasteiger partial charge in [0.05, 0.1) is 28.6 Å². The number of ether oxygens (including phenoxy) is 2. The lowest BCUT2D eigenvalue weighted by Gasteiger charge is -2.27. The molecule has 0 spiro atoms. The zero-order chi connectivity index (χ0) is 41.0. The quantitative estimate of drug-likeness (QED) is 0.0292. The van der Waals surface area contributed by atoms with Gasteiger partial charge in [0.25, 0.3) is 11.6 Å². The lowest BCUT2D eigenvalue weighted by Crippen LogP contribution is -2.35. The van der Waals surface area contributed by atoms with Gasteiger partial charge in [-0.3, -0.25) is 29.2 Å². The average molecular weight is 819 g/mol. The van der Waals surface area contributed by atoms with E-state index in [4.69, 9.17) is 31.6 Å². The first-order chi connectivity index (χ1) is 25.4. The zero-order valence-electron chi connectivity index (χ0n) is 30.4. The molecule has 1 aromatic heterocycles. The minimum atomic E-state index is -1.11. The minimum absolute atomic E-state index is 0.0365. The van der Waals surface area contributed by atoms with Gasteiger partial charge in [0.2, 0.25) is 0 Å². The van der Waals surface area contributed by atoms with Gasteiger partial charge in [-0.2, -0.15) is 0 Å². The summed E-state index contributed by atoms with van der Waals surface area (Å²) in [6, 6.07) is 4.21. The van der Waals surface area contributed by atoms with Gasteiger partial charge in [-0.15, -0.1) is 5.10 Å². The number of hydrogen-bond donors (Lipinski definition) is 1. The van der Waals surface area contributed by atoms with Crippen LogP contribution >= 0.6 is 15.9 Å². The van der Waals surface area contributed by atoms with E-state index in [1.54, 1.807) is 45.5 Å². The number of aromatic nitrogens is 3. The van der Waals surface area contributed by atoms with Crippen molar-refractivity contribution in [2.24, 2.45) is 31.3 Å². The Labute approximate surface area is 316 Å². The highest BCUT2D eigenvalue weighted by atomic mass is 79.9. The number of nitrogens with one attached hydrogen (secondary N) is 1. The molecular weight excluding hydrogens is 778 g/mol. The van der Waals surface area contributed by atoms with E-state index >= 15 is 0 Å². The van der Waals surface area contributed by atoms with Crippen molar-refractivity contribution < 1.29 is 28.8 Å². The van der Waals surface area contributed by atoms with Crippen molar-refractivity contribution in [1.29, 1.82) is 0 Å². The zero-order valence-corrected chi connectivity index (χ0v) is 32.0. The number of carbonyl (C=O) groups is 3. The second-order valence-corrected chi connectivity index (χ2v) is 14.1. The molecule has 2 rings (SSSR count). The van der Waals surface area contributed by atoms with Crippen LogP contribution in [0.5, 0.6) is 0 Å². The van der Waals surface area contributed by atoms with Gasteiger partial charge in [0, 0.05) is 52.4 Å². The Morgan fingerprint density at radius 2 is 1.52 bits per heavy atom. The molecule has 290 valence electrons. The number of nitro groups is 1. The maximum absolute atomic E-state index is 12.8. The second kappa shape index (κ2) is 22.1. The van der Waals surface area contributed by atoms with Crippen molar-refractivity contribution in [3.63, 3.8) is 0 Å². The van der Waals surface area contributed by atoms with Gasteiger partial charge >= 0.3 is 11.9 Å². The lowest BCUT2D eigenvalue weighted by molar-refractivity contribution is -0.386. The van der Waals surface area contributed by atoms with Crippen LogP contribution in [0.25, 0.3) is 41.8 Å². The van der Waals surface area contributed by atoms with E-state index in [-0.39, 0.29) is 50.3 Å². The molecule has 0 saturated carbocycles. The average Bonchev–Trinajstić information content (AvgIpc) is 3.59. The highest BCUT2D eigenvalue weighted by molar-refractivity contribution is 9.10. The number of amides is 1. The first-order valence-electron chi connectivity index (χ1n) is 15.9. The Hall–Kier alpha value is -6.11. The highest BCUT2D eigenvalue weighted by Crippen LogP contribution is 2.31. The number of nitro benzene ring substituents is 1. The van der Waals surface area contributed by atoms with Gasteiger partial charge < -0.3 is 14.8 Å². The molecule has 0 aliphatic heterocycles. The number of benzene rings is 1. The molecule has 0 bridgehead atoms. The van der Waals surface area contributed by atoms with E-state index in [0.29, 0.717) is 12.2 Å². The Balaban J connectivity index is 0.000000720. The fraction of sp³-hybridized carbons (Fsp3) is 0.621. The van der Waals surface area contributed by atoms with Gasteiger partial charge in [0.15, 0.2) is 0 Å². The molecule has 0 saturated heterocycles. The number of alkyl halides is 1. The topological polar surface area (TPSA) is 351 Å². The minimum Gasteiger partial charge on any atom is -0.460 e.